The number of nitrogen functional groups attached to an aromatic ring is 1. The van der Waals surface area contributed by atoms with E-state index in [0.29, 0.717) is 0 Å². The highest BCUT2D eigenvalue weighted by molar-refractivity contribution is 7.91. The Hall–Kier alpha value is -1.63. The fourth-order valence-corrected chi connectivity index (χ4v) is 1.81. The van der Waals surface area contributed by atoms with E-state index in [-0.39, 0.29) is 29.4 Å². The zero-order valence-electron chi connectivity index (χ0n) is 9.85. The van der Waals surface area contributed by atoms with Crippen LogP contribution in [0.2, 0.25) is 0 Å². The molecule has 0 atom stereocenters. The fraction of sp³-hybridized carbons (Fsp3) is 0.364. The molecule has 5 nitrogen and oxygen atoms in total. The lowest BCUT2D eigenvalue weighted by Gasteiger charge is -2.06. The van der Waals surface area contributed by atoms with E-state index in [1.807, 2.05) is 0 Å². The molecule has 1 rings (SSSR count). The first kappa shape index (κ1) is 14.4. The molecule has 0 fully saturated rings. The van der Waals surface area contributed by atoms with Crippen LogP contribution in [0.1, 0.15) is 17.3 Å². The van der Waals surface area contributed by atoms with Crippen LogP contribution < -0.4 is 5.73 Å². The maximum Gasteiger partial charge on any atom is 0.341 e. The van der Waals surface area contributed by atoms with E-state index in [1.165, 1.54) is 13.0 Å². The van der Waals surface area contributed by atoms with Gasteiger partial charge in [-0.05, 0) is 18.2 Å². The lowest BCUT2D eigenvalue weighted by Crippen LogP contribution is -2.17. The van der Waals surface area contributed by atoms with E-state index in [1.54, 1.807) is 0 Å². The third kappa shape index (κ3) is 3.99. The van der Waals surface area contributed by atoms with Gasteiger partial charge in [-0.2, -0.15) is 0 Å². The number of carbonyl (C=O) groups is 1. The number of benzene rings is 1. The highest BCUT2D eigenvalue weighted by Gasteiger charge is 2.15. The molecule has 0 bridgehead atoms. The molecule has 0 aliphatic rings. The molecule has 100 valence electrons. The number of anilines is 1. The van der Waals surface area contributed by atoms with Gasteiger partial charge in [0, 0.05) is 11.4 Å². The van der Waals surface area contributed by atoms with Crippen molar-refractivity contribution in [3.63, 3.8) is 0 Å². The Morgan fingerprint density at radius 1 is 1.44 bits per heavy atom. The molecule has 0 aromatic heterocycles. The van der Waals surface area contributed by atoms with Gasteiger partial charge in [-0.1, -0.05) is 6.92 Å². The molecule has 7 heteroatoms. The molecule has 0 radical (unpaired) electrons. The Morgan fingerprint density at radius 2 is 2.11 bits per heavy atom. The summed E-state index contributed by atoms with van der Waals surface area (Å²) in [5.74, 6) is -1.99. The molecule has 1 aromatic rings. The lowest BCUT2D eigenvalue weighted by atomic mass is 10.2. The fourth-order valence-electron chi connectivity index (χ4n) is 1.18. The second-order valence-electron chi connectivity index (χ2n) is 3.61. The summed E-state index contributed by atoms with van der Waals surface area (Å²) in [4.78, 5) is 11.5. The normalized spacial score (nSPS) is 11.2. The minimum absolute atomic E-state index is 0.0306. The van der Waals surface area contributed by atoms with Gasteiger partial charge in [-0.3, -0.25) is 0 Å². The van der Waals surface area contributed by atoms with Crippen LogP contribution in [0.3, 0.4) is 0 Å². The summed E-state index contributed by atoms with van der Waals surface area (Å²) in [6.07, 6.45) is 0. The SMILES string of the molecule is CCS(=O)(=O)CCOC(=O)c1cc(N)ccc1F. The van der Waals surface area contributed by atoms with E-state index in [9.17, 15) is 17.6 Å². The predicted octanol–water partition coefficient (Wildman–Crippen LogP) is 0.999. The van der Waals surface area contributed by atoms with E-state index in [2.05, 4.69) is 4.74 Å². The summed E-state index contributed by atoms with van der Waals surface area (Å²) in [5, 5.41) is 0. The number of hydrogen-bond donors (Lipinski definition) is 1. The van der Waals surface area contributed by atoms with Crippen LogP contribution in [0.4, 0.5) is 10.1 Å². The number of hydrogen-bond acceptors (Lipinski definition) is 5. The monoisotopic (exact) mass is 275 g/mol. The van der Waals surface area contributed by atoms with Gasteiger partial charge in [-0.15, -0.1) is 0 Å². The Bertz CT molecular complexity index is 542. The van der Waals surface area contributed by atoms with Gasteiger partial charge in [0.1, 0.15) is 12.4 Å². The van der Waals surface area contributed by atoms with Crippen LogP contribution in [-0.4, -0.2) is 32.5 Å². The summed E-state index contributed by atoms with van der Waals surface area (Å²) < 4.78 is 40.3. The molecule has 0 saturated carbocycles. The number of rotatable bonds is 5. The topological polar surface area (TPSA) is 86.5 Å². The van der Waals surface area contributed by atoms with Crippen LogP contribution in [0.25, 0.3) is 0 Å². The number of nitrogens with two attached hydrogens (primary N) is 1. The van der Waals surface area contributed by atoms with Crippen molar-refractivity contribution in [1.29, 1.82) is 0 Å². The second kappa shape index (κ2) is 5.81. The summed E-state index contributed by atoms with van der Waals surface area (Å²) in [7, 11) is -3.21. The van der Waals surface area contributed by atoms with Crippen molar-refractivity contribution in [2.45, 2.75) is 6.92 Å². The summed E-state index contributed by atoms with van der Waals surface area (Å²) in [6.45, 7) is 1.19. The van der Waals surface area contributed by atoms with Crippen molar-refractivity contribution >= 4 is 21.5 Å². The molecule has 0 aliphatic heterocycles. The number of esters is 1. The van der Waals surface area contributed by atoms with Gasteiger partial charge in [0.05, 0.1) is 11.3 Å². The zero-order chi connectivity index (χ0) is 13.8. The Labute approximate surface area is 105 Å². The maximum absolute atomic E-state index is 13.3. The summed E-state index contributed by atoms with van der Waals surface area (Å²) in [5.41, 5.74) is 5.34. The molecule has 0 spiro atoms. The minimum atomic E-state index is -3.21. The van der Waals surface area contributed by atoms with E-state index in [4.69, 9.17) is 5.73 Å². The van der Waals surface area contributed by atoms with Crippen LogP contribution in [-0.2, 0) is 14.6 Å². The Balaban J connectivity index is 2.64. The van der Waals surface area contributed by atoms with Crippen molar-refractivity contribution in [3.8, 4) is 0 Å². The molecule has 0 amide bonds. The summed E-state index contributed by atoms with van der Waals surface area (Å²) in [6, 6.07) is 3.51. The first-order valence-electron chi connectivity index (χ1n) is 5.28. The highest BCUT2D eigenvalue weighted by atomic mass is 32.2. The molecule has 0 heterocycles. The Kier molecular flexibility index (Phi) is 4.66. The lowest BCUT2D eigenvalue weighted by molar-refractivity contribution is 0.0524. The molecular formula is C11H14FNO4S. The van der Waals surface area contributed by atoms with Gasteiger partial charge in [0.2, 0.25) is 0 Å². The largest absolute Gasteiger partial charge is 0.461 e. The van der Waals surface area contributed by atoms with Gasteiger partial charge in [0.25, 0.3) is 0 Å². The molecular weight excluding hydrogens is 261 g/mol. The van der Waals surface area contributed by atoms with E-state index < -0.39 is 21.6 Å². The molecule has 2 N–H and O–H groups in total. The van der Waals surface area contributed by atoms with Crippen LogP contribution in [0, 0.1) is 5.82 Å². The van der Waals surface area contributed by atoms with E-state index >= 15 is 0 Å². The summed E-state index contributed by atoms with van der Waals surface area (Å²) >= 11 is 0. The van der Waals surface area contributed by atoms with E-state index in [0.717, 1.165) is 12.1 Å². The van der Waals surface area contributed by atoms with Gasteiger partial charge in [-0.25, -0.2) is 17.6 Å². The van der Waals surface area contributed by atoms with Crippen molar-refractivity contribution in [3.05, 3.63) is 29.6 Å². The highest BCUT2D eigenvalue weighted by Crippen LogP contribution is 2.13. The third-order valence-electron chi connectivity index (χ3n) is 2.28. The number of ether oxygens (including phenoxy) is 1. The minimum Gasteiger partial charge on any atom is -0.461 e. The van der Waals surface area contributed by atoms with Gasteiger partial charge >= 0.3 is 5.97 Å². The predicted molar refractivity (Wildman–Crippen MR) is 65.4 cm³/mol. The molecule has 1 aromatic carbocycles. The van der Waals surface area contributed by atoms with Gasteiger partial charge in [0.15, 0.2) is 9.84 Å². The average molecular weight is 275 g/mol. The zero-order valence-corrected chi connectivity index (χ0v) is 10.7. The van der Waals surface area contributed by atoms with Crippen molar-refractivity contribution in [1.82, 2.24) is 0 Å². The standard InChI is InChI=1S/C11H14FNO4S/c1-2-18(15,16)6-5-17-11(14)9-7-8(13)3-4-10(9)12/h3-4,7H,2,5-6,13H2,1H3. The maximum atomic E-state index is 13.3. The van der Waals surface area contributed by atoms with Crippen LogP contribution >= 0.6 is 0 Å². The quantitative estimate of drug-likeness (QED) is 0.640. The molecule has 0 unspecified atom stereocenters. The van der Waals surface area contributed by atoms with Crippen LogP contribution in [0.5, 0.6) is 0 Å². The first-order valence-corrected chi connectivity index (χ1v) is 7.10. The smallest absolute Gasteiger partial charge is 0.341 e. The first-order chi connectivity index (χ1) is 8.35. The molecule has 0 saturated heterocycles. The molecule has 0 aliphatic carbocycles. The van der Waals surface area contributed by atoms with Crippen LogP contribution in [0.15, 0.2) is 18.2 Å². The van der Waals surface area contributed by atoms with Crippen molar-refractivity contribution < 1.29 is 22.3 Å². The Morgan fingerprint density at radius 3 is 2.72 bits per heavy atom. The van der Waals surface area contributed by atoms with Crippen molar-refractivity contribution in [2.75, 3.05) is 23.8 Å². The number of carbonyl (C=O) groups excluding carboxylic acids is 1. The second-order valence-corrected chi connectivity index (χ2v) is 6.08. The average Bonchev–Trinajstić information content (AvgIpc) is 2.32. The number of sulfone groups is 1. The molecule has 18 heavy (non-hydrogen) atoms. The third-order valence-corrected chi connectivity index (χ3v) is 3.95. The number of halogens is 1. The van der Waals surface area contributed by atoms with Gasteiger partial charge < -0.3 is 10.5 Å². The van der Waals surface area contributed by atoms with Crippen molar-refractivity contribution in [2.24, 2.45) is 0 Å².